The molecule has 1 aliphatic heterocycles. The first-order valence-corrected chi connectivity index (χ1v) is 9.63. The Morgan fingerprint density at radius 1 is 1.43 bits per heavy atom. The third-order valence-corrected chi connectivity index (χ3v) is 6.33. The second kappa shape index (κ2) is 6.65. The van der Waals surface area contributed by atoms with Crippen LogP contribution in [0.2, 0.25) is 0 Å². The zero-order valence-corrected chi connectivity index (χ0v) is 15.2. The van der Waals surface area contributed by atoms with Gasteiger partial charge in [-0.25, -0.2) is 4.98 Å². The molecule has 0 saturated carbocycles. The summed E-state index contributed by atoms with van der Waals surface area (Å²) in [5.74, 6) is 0.841. The second-order valence-electron chi connectivity index (χ2n) is 6.17. The van der Waals surface area contributed by atoms with E-state index in [1.165, 1.54) is 23.1 Å². The molecule has 1 aliphatic rings. The molecule has 1 saturated heterocycles. The van der Waals surface area contributed by atoms with Gasteiger partial charge in [0.1, 0.15) is 4.83 Å². The van der Waals surface area contributed by atoms with Gasteiger partial charge in [0.05, 0.1) is 10.6 Å². The summed E-state index contributed by atoms with van der Waals surface area (Å²) in [5, 5.41) is 2.89. The molecule has 3 rings (SSSR count). The van der Waals surface area contributed by atoms with Crippen molar-refractivity contribution in [1.29, 1.82) is 0 Å². The Morgan fingerprint density at radius 2 is 2.13 bits per heavy atom. The molecule has 5 nitrogen and oxygen atoms in total. The molecule has 1 amide bonds. The van der Waals surface area contributed by atoms with Gasteiger partial charge >= 0.3 is 0 Å². The first-order chi connectivity index (χ1) is 11.0. The molecule has 0 spiro atoms. The topological polar surface area (TPSA) is 55.2 Å². The number of hydrogen-bond acceptors (Lipinski definition) is 5. The number of thiophene rings is 1. The number of piperidine rings is 1. The lowest BCUT2D eigenvalue weighted by atomic mass is 9.99. The maximum atomic E-state index is 12.6. The van der Waals surface area contributed by atoms with E-state index in [0.717, 1.165) is 30.8 Å². The van der Waals surface area contributed by atoms with Crippen molar-refractivity contribution >= 4 is 39.2 Å². The van der Waals surface area contributed by atoms with E-state index in [1.807, 2.05) is 17.2 Å². The Hall–Kier alpha value is -1.34. The van der Waals surface area contributed by atoms with E-state index in [-0.39, 0.29) is 16.7 Å². The molecule has 3 heterocycles. The van der Waals surface area contributed by atoms with E-state index < -0.39 is 0 Å². The number of rotatable bonds is 3. The lowest BCUT2D eigenvalue weighted by Gasteiger charge is -2.32. The van der Waals surface area contributed by atoms with Crippen molar-refractivity contribution < 1.29 is 4.79 Å². The van der Waals surface area contributed by atoms with Crippen molar-refractivity contribution in [2.75, 3.05) is 13.1 Å². The van der Waals surface area contributed by atoms with Gasteiger partial charge in [-0.1, -0.05) is 18.7 Å². The monoisotopic (exact) mass is 351 g/mol. The van der Waals surface area contributed by atoms with Crippen LogP contribution in [0.1, 0.15) is 26.7 Å². The Bertz CT molecular complexity index is 775. The van der Waals surface area contributed by atoms with Gasteiger partial charge in [-0.15, -0.1) is 11.3 Å². The van der Waals surface area contributed by atoms with Crippen molar-refractivity contribution in [2.45, 2.75) is 37.1 Å². The predicted octanol–water partition coefficient (Wildman–Crippen LogP) is 2.73. The van der Waals surface area contributed by atoms with Crippen molar-refractivity contribution in [1.82, 2.24) is 14.5 Å². The molecule has 0 aromatic carbocycles. The summed E-state index contributed by atoms with van der Waals surface area (Å²) in [5.41, 5.74) is -0.0507. The van der Waals surface area contributed by atoms with Gasteiger partial charge < -0.3 is 4.90 Å². The Balaban J connectivity index is 1.77. The van der Waals surface area contributed by atoms with E-state index in [1.54, 1.807) is 17.7 Å². The van der Waals surface area contributed by atoms with Gasteiger partial charge in [0.25, 0.3) is 5.56 Å². The van der Waals surface area contributed by atoms with E-state index in [9.17, 15) is 9.59 Å². The lowest BCUT2D eigenvalue weighted by molar-refractivity contribution is -0.131. The van der Waals surface area contributed by atoms with Crippen LogP contribution in [0.3, 0.4) is 0 Å². The van der Waals surface area contributed by atoms with Crippen molar-refractivity contribution in [3.8, 4) is 0 Å². The highest BCUT2D eigenvalue weighted by molar-refractivity contribution is 8.00. The normalized spacial score (nSPS) is 17.6. The summed E-state index contributed by atoms with van der Waals surface area (Å²) in [6, 6.07) is 1.80. The first kappa shape index (κ1) is 16.5. The minimum Gasteiger partial charge on any atom is -0.342 e. The maximum absolute atomic E-state index is 12.6. The minimum atomic E-state index is -0.237. The number of amides is 1. The fourth-order valence-electron chi connectivity index (χ4n) is 2.78. The smallest absolute Gasteiger partial charge is 0.262 e. The number of hydrogen-bond donors (Lipinski definition) is 0. The van der Waals surface area contributed by atoms with Crippen LogP contribution in [0.15, 0.2) is 21.4 Å². The summed E-state index contributed by atoms with van der Waals surface area (Å²) in [6.45, 7) is 5.80. The summed E-state index contributed by atoms with van der Waals surface area (Å²) in [6.07, 6.45) is 2.14. The number of nitrogens with zero attached hydrogens (tertiary/aromatic N) is 3. The van der Waals surface area contributed by atoms with Crippen LogP contribution < -0.4 is 5.56 Å². The molecule has 0 N–H and O–H groups in total. The predicted molar refractivity (Wildman–Crippen MR) is 95.2 cm³/mol. The molecule has 124 valence electrons. The Labute approximate surface area is 143 Å². The standard InChI is InChI=1S/C16H21N3O2S2/c1-10-4-7-19(8-5-10)14(20)11(2)23-16-17-13-12(6-9-22-13)15(21)18(16)3/h6,9-11H,4-5,7-8H2,1-3H3. The van der Waals surface area contributed by atoms with Crippen LogP contribution in [-0.2, 0) is 11.8 Å². The van der Waals surface area contributed by atoms with E-state index in [0.29, 0.717) is 16.5 Å². The summed E-state index contributed by atoms with van der Waals surface area (Å²) < 4.78 is 1.54. The molecule has 23 heavy (non-hydrogen) atoms. The van der Waals surface area contributed by atoms with Crippen molar-refractivity contribution in [3.63, 3.8) is 0 Å². The van der Waals surface area contributed by atoms with Crippen LogP contribution in [-0.4, -0.2) is 38.7 Å². The molecule has 1 fully saturated rings. The Morgan fingerprint density at radius 3 is 2.83 bits per heavy atom. The molecule has 0 aliphatic carbocycles. The van der Waals surface area contributed by atoms with Gasteiger partial charge in [0, 0.05) is 20.1 Å². The highest BCUT2D eigenvalue weighted by Crippen LogP contribution is 2.26. The molecule has 1 atom stereocenters. The number of thioether (sulfide) groups is 1. The number of likely N-dealkylation sites (tertiary alicyclic amines) is 1. The highest BCUT2D eigenvalue weighted by atomic mass is 32.2. The zero-order valence-electron chi connectivity index (χ0n) is 13.6. The second-order valence-corrected chi connectivity index (χ2v) is 8.37. The molecular weight excluding hydrogens is 330 g/mol. The van der Waals surface area contributed by atoms with E-state index >= 15 is 0 Å². The number of carbonyl (C=O) groups excluding carboxylic acids is 1. The minimum absolute atomic E-state index is 0.0507. The summed E-state index contributed by atoms with van der Waals surface area (Å²) in [4.78, 5) is 32.2. The van der Waals surface area contributed by atoms with Crippen molar-refractivity contribution in [3.05, 3.63) is 21.8 Å². The first-order valence-electron chi connectivity index (χ1n) is 7.87. The third kappa shape index (κ3) is 3.30. The zero-order chi connectivity index (χ0) is 16.6. The molecule has 2 aromatic heterocycles. The largest absolute Gasteiger partial charge is 0.342 e. The Kier molecular flexibility index (Phi) is 4.77. The van der Waals surface area contributed by atoms with Crippen LogP contribution in [0, 0.1) is 5.92 Å². The summed E-state index contributed by atoms with van der Waals surface area (Å²) in [7, 11) is 1.72. The highest BCUT2D eigenvalue weighted by Gasteiger charge is 2.26. The number of fused-ring (bicyclic) bond motifs is 1. The van der Waals surface area contributed by atoms with Crippen LogP contribution >= 0.6 is 23.1 Å². The van der Waals surface area contributed by atoms with Gasteiger partial charge in [0.15, 0.2) is 5.16 Å². The SMILES string of the molecule is CC1CCN(C(=O)C(C)Sc2nc3sccc3c(=O)n2C)CC1. The van der Waals surface area contributed by atoms with Crippen LogP contribution in [0.25, 0.3) is 10.2 Å². The van der Waals surface area contributed by atoms with Crippen molar-refractivity contribution in [2.24, 2.45) is 13.0 Å². The van der Waals surface area contributed by atoms with E-state index in [4.69, 9.17) is 0 Å². The van der Waals surface area contributed by atoms with Crippen LogP contribution in [0.5, 0.6) is 0 Å². The van der Waals surface area contributed by atoms with Gasteiger partial charge in [-0.3, -0.25) is 14.2 Å². The van der Waals surface area contributed by atoms with Crippen LogP contribution in [0.4, 0.5) is 0 Å². The third-order valence-electron chi connectivity index (χ3n) is 4.39. The molecule has 2 aromatic rings. The fraction of sp³-hybridized carbons (Fsp3) is 0.562. The fourth-order valence-corrected chi connectivity index (χ4v) is 4.54. The van der Waals surface area contributed by atoms with Gasteiger partial charge in [-0.05, 0) is 37.1 Å². The molecule has 7 heteroatoms. The molecule has 0 radical (unpaired) electrons. The number of aromatic nitrogens is 2. The molecular formula is C16H21N3O2S2. The number of carbonyl (C=O) groups is 1. The molecule has 0 bridgehead atoms. The average molecular weight is 351 g/mol. The summed E-state index contributed by atoms with van der Waals surface area (Å²) >= 11 is 2.83. The maximum Gasteiger partial charge on any atom is 0.262 e. The van der Waals surface area contributed by atoms with E-state index in [2.05, 4.69) is 11.9 Å². The van der Waals surface area contributed by atoms with Gasteiger partial charge in [0.2, 0.25) is 5.91 Å². The lowest BCUT2D eigenvalue weighted by Crippen LogP contribution is -2.41. The average Bonchev–Trinajstić information content (AvgIpc) is 3.00. The molecule has 1 unspecified atom stereocenters. The quantitative estimate of drug-likeness (QED) is 0.630. The van der Waals surface area contributed by atoms with Gasteiger partial charge in [-0.2, -0.15) is 0 Å².